The molecule has 0 aliphatic carbocycles. The van der Waals surface area contributed by atoms with Gasteiger partial charge in [0, 0.05) is 11.1 Å². The van der Waals surface area contributed by atoms with Crippen molar-refractivity contribution in [3.05, 3.63) is 29.1 Å². The second-order valence-electron chi connectivity index (χ2n) is 6.05. The van der Waals surface area contributed by atoms with Gasteiger partial charge in [0.05, 0.1) is 31.7 Å². The van der Waals surface area contributed by atoms with Gasteiger partial charge < -0.3 is 25.3 Å². The Balaban J connectivity index is 1.90. The van der Waals surface area contributed by atoms with Crippen LogP contribution < -0.4 is 10.5 Å². The monoisotopic (exact) mass is 323 g/mol. The van der Waals surface area contributed by atoms with Crippen LogP contribution >= 0.6 is 0 Å². The van der Waals surface area contributed by atoms with Crippen molar-refractivity contribution < 1.29 is 23.9 Å². The summed E-state index contributed by atoms with van der Waals surface area (Å²) >= 11 is 0. The third kappa shape index (κ3) is 2.70. The number of nitrogens with two attached hydrogens (primary N) is 1. The van der Waals surface area contributed by atoms with Crippen molar-refractivity contribution in [2.45, 2.75) is 13.5 Å². The predicted molar refractivity (Wildman–Crippen MR) is 78.7 cm³/mol. The molecule has 1 aromatic carbocycles. The minimum Gasteiger partial charge on any atom is -0.491 e. The lowest BCUT2D eigenvalue weighted by atomic mass is 9.86. The number of hydrogen-bond donors (Lipinski definition) is 2. The van der Waals surface area contributed by atoms with Crippen LogP contribution in [0.5, 0.6) is 5.75 Å². The van der Waals surface area contributed by atoms with Crippen LogP contribution in [0.4, 0.5) is 4.39 Å². The molecule has 2 aliphatic heterocycles. The molecule has 124 valence electrons. The smallest absolute Gasteiger partial charge is 0.233 e. The van der Waals surface area contributed by atoms with Crippen LogP contribution in [0.2, 0.25) is 0 Å². The maximum absolute atomic E-state index is 14.4. The average Bonchev–Trinajstić information content (AvgIpc) is 2.73. The van der Waals surface area contributed by atoms with Gasteiger partial charge in [0.15, 0.2) is 5.84 Å². The number of amidine groups is 1. The van der Waals surface area contributed by atoms with Crippen LogP contribution in [0.25, 0.3) is 0 Å². The van der Waals surface area contributed by atoms with E-state index in [1.165, 1.54) is 12.1 Å². The van der Waals surface area contributed by atoms with Crippen LogP contribution in [0.1, 0.15) is 18.1 Å². The number of nitrogens with zero attached hydrogens (tertiary/aromatic N) is 2. The Morgan fingerprint density at radius 1 is 1.48 bits per heavy atom. The van der Waals surface area contributed by atoms with Gasteiger partial charge in [0.25, 0.3) is 0 Å². The summed E-state index contributed by atoms with van der Waals surface area (Å²) < 4.78 is 25.1. The number of benzene rings is 1. The molecule has 3 rings (SSSR count). The van der Waals surface area contributed by atoms with Gasteiger partial charge in [-0.3, -0.25) is 4.79 Å². The second-order valence-corrected chi connectivity index (χ2v) is 6.05. The SMILES string of the molecule is CC1(C(=O)N2CCOc3cc(C(N)=NO)cc(F)c3C2)COC1. The van der Waals surface area contributed by atoms with E-state index in [9.17, 15) is 9.18 Å². The minimum atomic E-state index is -0.557. The quantitative estimate of drug-likeness (QED) is 0.361. The van der Waals surface area contributed by atoms with Gasteiger partial charge >= 0.3 is 0 Å². The molecule has 23 heavy (non-hydrogen) atoms. The Labute approximate surface area is 132 Å². The van der Waals surface area contributed by atoms with E-state index >= 15 is 0 Å². The lowest BCUT2D eigenvalue weighted by Crippen LogP contribution is -2.53. The summed E-state index contributed by atoms with van der Waals surface area (Å²) in [6.07, 6.45) is 0. The maximum atomic E-state index is 14.4. The molecular weight excluding hydrogens is 305 g/mol. The van der Waals surface area contributed by atoms with Crippen LogP contribution in [0, 0.1) is 11.2 Å². The van der Waals surface area contributed by atoms with E-state index in [0.717, 1.165) is 0 Å². The minimum absolute atomic E-state index is 0.0693. The van der Waals surface area contributed by atoms with Gasteiger partial charge in [0.1, 0.15) is 18.2 Å². The zero-order chi connectivity index (χ0) is 16.6. The normalized spacial score (nSPS) is 20.1. The van der Waals surface area contributed by atoms with Gasteiger partial charge in [-0.1, -0.05) is 5.16 Å². The fourth-order valence-electron chi connectivity index (χ4n) is 2.72. The average molecular weight is 323 g/mol. The molecule has 2 aliphatic rings. The van der Waals surface area contributed by atoms with Gasteiger partial charge in [0.2, 0.25) is 5.91 Å². The molecule has 1 fully saturated rings. The van der Waals surface area contributed by atoms with E-state index in [-0.39, 0.29) is 36.0 Å². The van der Waals surface area contributed by atoms with Gasteiger partial charge in [-0.15, -0.1) is 0 Å². The summed E-state index contributed by atoms with van der Waals surface area (Å²) in [4.78, 5) is 14.2. The first kappa shape index (κ1) is 15.5. The Bertz CT molecular complexity index is 673. The molecule has 0 aromatic heterocycles. The van der Waals surface area contributed by atoms with Gasteiger partial charge in [-0.05, 0) is 19.1 Å². The van der Waals surface area contributed by atoms with Crippen molar-refractivity contribution >= 4 is 11.7 Å². The van der Waals surface area contributed by atoms with Crippen molar-refractivity contribution in [2.24, 2.45) is 16.3 Å². The number of halogens is 1. The molecule has 0 saturated carbocycles. The molecule has 0 spiro atoms. The lowest BCUT2D eigenvalue weighted by molar-refractivity contribution is -0.169. The highest BCUT2D eigenvalue weighted by Gasteiger charge is 2.44. The van der Waals surface area contributed by atoms with Crippen LogP contribution in [0.15, 0.2) is 17.3 Å². The van der Waals surface area contributed by atoms with Crippen LogP contribution in [-0.2, 0) is 16.1 Å². The number of fused-ring (bicyclic) bond motifs is 1. The molecule has 8 heteroatoms. The molecule has 1 aromatic rings. The summed E-state index contributed by atoms with van der Waals surface area (Å²) in [6.45, 7) is 3.31. The highest BCUT2D eigenvalue weighted by molar-refractivity contribution is 5.97. The largest absolute Gasteiger partial charge is 0.491 e. The number of hydrogen-bond acceptors (Lipinski definition) is 5. The fourth-order valence-corrected chi connectivity index (χ4v) is 2.72. The fraction of sp³-hybridized carbons (Fsp3) is 0.467. The summed E-state index contributed by atoms with van der Waals surface area (Å²) in [5, 5.41) is 11.6. The molecule has 1 amide bonds. The standard InChI is InChI=1S/C15H18FN3O4/c1-15(7-22-8-15)14(20)19-2-3-23-12-5-9(13(17)18-21)4-11(16)10(12)6-19/h4-5,21H,2-3,6-8H2,1H3,(H2,17,18). The van der Waals surface area contributed by atoms with E-state index in [4.69, 9.17) is 20.4 Å². The second kappa shape index (κ2) is 5.69. The molecule has 2 heterocycles. The first-order valence-corrected chi connectivity index (χ1v) is 7.25. The van der Waals surface area contributed by atoms with Crippen molar-refractivity contribution in [3.8, 4) is 5.75 Å². The number of ether oxygens (including phenoxy) is 2. The van der Waals surface area contributed by atoms with Crippen molar-refractivity contribution in [2.75, 3.05) is 26.4 Å². The highest BCUT2D eigenvalue weighted by Crippen LogP contribution is 2.33. The van der Waals surface area contributed by atoms with Crippen LogP contribution in [0.3, 0.4) is 0 Å². The summed E-state index contributed by atoms with van der Waals surface area (Å²) in [5.41, 5.74) is 5.46. The summed E-state index contributed by atoms with van der Waals surface area (Å²) in [7, 11) is 0. The Morgan fingerprint density at radius 2 is 2.22 bits per heavy atom. The Morgan fingerprint density at radius 3 is 2.83 bits per heavy atom. The summed E-state index contributed by atoms with van der Waals surface area (Å²) in [6, 6.07) is 2.68. The third-order valence-electron chi connectivity index (χ3n) is 4.17. The number of carbonyl (C=O) groups excluding carboxylic acids is 1. The lowest BCUT2D eigenvalue weighted by Gasteiger charge is -2.39. The topological polar surface area (TPSA) is 97.4 Å². The number of rotatable bonds is 2. The van der Waals surface area contributed by atoms with Crippen molar-refractivity contribution in [1.29, 1.82) is 0 Å². The van der Waals surface area contributed by atoms with Crippen molar-refractivity contribution in [1.82, 2.24) is 4.90 Å². The molecule has 7 nitrogen and oxygen atoms in total. The van der Waals surface area contributed by atoms with E-state index in [1.54, 1.807) is 4.90 Å². The first-order chi connectivity index (χ1) is 10.9. The molecule has 0 radical (unpaired) electrons. The van der Waals surface area contributed by atoms with Gasteiger partial charge in [-0.2, -0.15) is 0 Å². The van der Waals surface area contributed by atoms with Crippen molar-refractivity contribution in [3.63, 3.8) is 0 Å². The van der Waals surface area contributed by atoms with E-state index in [1.807, 2.05) is 6.92 Å². The molecular formula is C15H18FN3O4. The molecule has 0 unspecified atom stereocenters. The number of carbonyl (C=O) groups is 1. The molecule has 0 atom stereocenters. The molecule has 1 saturated heterocycles. The maximum Gasteiger partial charge on any atom is 0.233 e. The predicted octanol–water partition coefficient (Wildman–Crippen LogP) is 0.678. The third-order valence-corrected chi connectivity index (χ3v) is 4.17. The molecule has 3 N–H and O–H groups in total. The zero-order valence-corrected chi connectivity index (χ0v) is 12.7. The highest BCUT2D eigenvalue weighted by atomic mass is 19.1. The zero-order valence-electron chi connectivity index (χ0n) is 12.7. The Hall–Kier alpha value is -2.35. The summed E-state index contributed by atoms with van der Waals surface area (Å²) in [5.74, 6) is -0.526. The Kier molecular flexibility index (Phi) is 3.85. The number of oxime groups is 1. The van der Waals surface area contributed by atoms with Gasteiger partial charge in [-0.25, -0.2) is 4.39 Å². The number of amides is 1. The van der Waals surface area contributed by atoms with E-state index in [2.05, 4.69) is 5.16 Å². The molecule has 0 bridgehead atoms. The first-order valence-electron chi connectivity index (χ1n) is 7.25. The van der Waals surface area contributed by atoms with E-state index in [0.29, 0.717) is 25.5 Å². The van der Waals surface area contributed by atoms with E-state index < -0.39 is 11.2 Å². The van der Waals surface area contributed by atoms with Crippen LogP contribution in [-0.4, -0.2) is 48.2 Å².